The van der Waals surface area contributed by atoms with Crippen molar-refractivity contribution in [3.63, 3.8) is 0 Å². The van der Waals surface area contributed by atoms with Gasteiger partial charge >= 0.3 is 5.97 Å². The van der Waals surface area contributed by atoms with Crippen LogP contribution in [0.3, 0.4) is 0 Å². The van der Waals surface area contributed by atoms with E-state index in [-0.39, 0.29) is 44.6 Å². The van der Waals surface area contributed by atoms with Crippen LogP contribution < -0.4 is 16.0 Å². The van der Waals surface area contributed by atoms with Crippen LogP contribution in [-0.4, -0.2) is 99.5 Å². The predicted octanol–water partition coefficient (Wildman–Crippen LogP) is -3.11. The molecule has 1 rings (SSSR count). The Hall–Kier alpha value is -3.06. The van der Waals surface area contributed by atoms with Crippen LogP contribution in [0.1, 0.15) is 39.5 Å². The first-order valence-electron chi connectivity index (χ1n) is 10.1. The molecule has 0 unspecified atom stereocenters. The van der Waals surface area contributed by atoms with Crippen LogP contribution in [0.4, 0.5) is 0 Å². The van der Waals surface area contributed by atoms with Gasteiger partial charge in [-0.2, -0.15) is 0 Å². The fourth-order valence-corrected chi connectivity index (χ4v) is 3.07. The molecule has 6 N–H and O–H groups in total. The van der Waals surface area contributed by atoms with Gasteiger partial charge in [-0.15, -0.1) is 0 Å². The molecule has 4 amide bonds. The van der Waals surface area contributed by atoms with Crippen LogP contribution in [-0.2, 0) is 28.8 Å². The Morgan fingerprint density at radius 3 is 2.28 bits per heavy atom. The number of carbonyl (C=O) groups excluding carboxylic acids is 5. The van der Waals surface area contributed by atoms with Crippen molar-refractivity contribution in [1.29, 1.82) is 0 Å². The SMILES string of the molecule is CC(=O)CNC(=O)[C@H](CO)NC(=O)[C@H](C)NC(=O)[C@@H]1C[C@@H](O)CN1C(=O)CCCC(=O)O. The predicted molar refractivity (Wildman–Crippen MR) is 108 cm³/mol. The maximum absolute atomic E-state index is 12.6. The number of likely N-dealkylation sites (tertiary alicyclic amines) is 1. The van der Waals surface area contributed by atoms with E-state index in [4.69, 9.17) is 5.11 Å². The van der Waals surface area contributed by atoms with Crippen molar-refractivity contribution in [1.82, 2.24) is 20.9 Å². The van der Waals surface area contributed by atoms with Crippen LogP contribution in [0, 0.1) is 0 Å². The first-order chi connectivity index (χ1) is 15.0. The number of nitrogens with zero attached hydrogens (tertiary/aromatic N) is 1. The lowest BCUT2D eigenvalue weighted by molar-refractivity contribution is -0.140. The highest BCUT2D eigenvalue weighted by molar-refractivity contribution is 5.95. The van der Waals surface area contributed by atoms with E-state index in [9.17, 15) is 39.0 Å². The maximum Gasteiger partial charge on any atom is 0.303 e. The molecule has 0 aromatic rings. The van der Waals surface area contributed by atoms with E-state index < -0.39 is 60.4 Å². The lowest BCUT2D eigenvalue weighted by Gasteiger charge is -2.25. The number of carbonyl (C=O) groups is 6. The number of hydrogen-bond donors (Lipinski definition) is 6. The summed E-state index contributed by atoms with van der Waals surface area (Å²) in [5, 5.41) is 34.8. The molecule has 4 atom stereocenters. The maximum atomic E-state index is 12.6. The molecule has 0 spiro atoms. The Morgan fingerprint density at radius 2 is 1.72 bits per heavy atom. The molecule has 0 aliphatic carbocycles. The van der Waals surface area contributed by atoms with E-state index in [0.717, 1.165) is 4.90 Å². The van der Waals surface area contributed by atoms with E-state index >= 15 is 0 Å². The van der Waals surface area contributed by atoms with Gasteiger partial charge in [-0.05, 0) is 20.3 Å². The molecule has 180 valence electrons. The molecule has 13 nitrogen and oxygen atoms in total. The summed E-state index contributed by atoms with van der Waals surface area (Å²) in [5.41, 5.74) is 0. The molecule has 1 aliphatic heterocycles. The van der Waals surface area contributed by atoms with Gasteiger partial charge in [0.25, 0.3) is 0 Å². The third-order valence-electron chi connectivity index (χ3n) is 4.76. The average Bonchev–Trinajstić information content (AvgIpc) is 3.11. The number of carboxylic acids is 1. The first-order valence-corrected chi connectivity index (χ1v) is 10.1. The van der Waals surface area contributed by atoms with Crippen LogP contribution in [0.15, 0.2) is 0 Å². The number of aliphatic carboxylic acids is 1. The van der Waals surface area contributed by atoms with Gasteiger partial charge in [-0.3, -0.25) is 28.8 Å². The van der Waals surface area contributed by atoms with Gasteiger partial charge in [-0.1, -0.05) is 0 Å². The number of aliphatic hydroxyl groups is 2. The number of amides is 4. The summed E-state index contributed by atoms with van der Waals surface area (Å²) in [6.07, 6.45) is -1.21. The molecule has 0 radical (unpaired) electrons. The second-order valence-electron chi connectivity index (χ2n) is 7.59. The molecule has 0 aromatic heterocycles. The van der Waals surface area contributed by atoms with E-state index in [2.05, 4.69) is 16.0 Å². The average molecular weight is 458 g/mol. The lowest BCUT2D eigenvalue weighted by Crippen LogP contribution is -2.56. The van der Waals surface area contributed by atoms with Crippen molar-refractivity contribution >= 4 is 35.4 Å². The monoisotopic (exact) mass is 458 g/mol. The highest BCUT2D eigenvalue weighted by atomic mass is 16.4. The van der Waals surface area contributed by atoms with Crippen molar-refractivity contribution in [2.24, 2.45) is 0 Å². The third kappa shape index (κ3) is 8.59. The number of hydrogen-bond acceptors (Lipinski definition) is 8. The largest absolute Gasteiger partial charge is 0.481 e. The molecule has 0 bridgehead atoms. The van der Waals surface area contributed by atoms with Crippen molar-refractivity contribution in [3.8, 4) is 0 Å². The van der Waals surface area contributed by atoms with E-state index in [1.165, 1.54) is 13.8 Å². The second-order valence-corrected chi connectivity index (χ2v) is 7.59. The van der Waals surface area contributed by atoms with Crippen molar-refractivity contribution in [2.45, 2.75) is 63.8 Å². The normalized spacial score (nSPS) is 19.6. The van der Waals surface area contributed by atoms with Gasteiger partial charge in [-0.25, -0.2) is 0 Å². The minimum atomic E-state index is -1.33. The van der Waals surface area contributed by atoms with Gasteiger partial charge in [0.2, 0.25) is 23.6 Å². The van der Waals surface area contributed by atoms with Crippen LogP contribution in [0.5, 0.6) is 0 Å². The van der Waals surface area contributed by atoms with E-state index in [1.807, 2.05) is 0 Å². The Balaban J connectivity index is 2.66. The molecule has 0 saturated carbocycles. The Morgan fingerprint density at radius 1 is 1.06 bits per heavy atom. The minimum Gasteiger partial charge on any atom is -0.481 e. The number of nitrogens with one attached hydrogen (secondary N) is 3. The van der Waals surface area contributed by atoms with Crippen LogP contribution >= 0.6 is 0 Å². The van der Waals surface area contributed by atoms with Crippen molar-refractivity contribution in [3.05, 3.63) is 0 Å². The summed E-state index contributed by atoms with van der Waals surface area (Å²) in [6, 6.07) is -3.51. The molecule has 0 aromatic carbocycles. The minimum absolute atomic E-state index is 0.0441. The molecule has 32 heavy (non-hydrogen) atoms. The first kappa shape index (κ1) is 27.0. The summed E-state index contributed by atoms with van der Waals surface area (Å²) in [5.74, 6) is -4.10. The molecule has 1 saturated heterocycles. The number of ketones is 1. The zero-order valence-electron chi connectivity index (χ0n) is 18.0. The summed E-state index contributed by atoms with van der Waals surface area (Å²) in [6.45, 7) is 1.50. The number of rotatable bonds is 12. The van der Waals surface area contributed by atoms with Crippen molar-refractivity contribution in [2.75, 3.05) is 19.7 Å². The molecule has 1 aliphatic rings. The second kappa shape index (κ2) is 12.7. The Labute approximate surface area is 184 Å². The zero-order chi connectivity index (χ0) is 24.4. The van der Waals surface area contributed by atoms with Gasteiger partial charge in [0.1, 0.15) is 23.9 Å². The fourth-order valence-electron chi connectivity index (χ4n) is 3.07. The van der Waals surface area contributed by atoms with Crippen molar-refractivity contribution < 1.29 is 44.1 Å². The highest BCUT2D eigenvalue weighted by Crippen LogP contribution is 2.20. The standard InChI is InChI=1S/C19H30N4O9/c1-10(25)7-20-18(31)13(9-24)22-17(30)11(2)21-19(32)14-6-12(26)8-23(14)15(27)4-3-5-16(28)29/h11-14,24,26H,3-9H2,1-2H3,(H,20,31)(H,21,32)(H,22,30)(H,28,29)/t11-,12+,13-,14-/m0/s1. The topological polar surface area (TPSA) is 202 Å². The Kier molecular flexibility index (Phi) is 10.7. The smallest absolute Gasteiger partial charge is 0.303 e. The van der Waals surface area contributed by atoms with E-state index in [0.29, 0.717) is 0 Å². The number of Topliss-reactive ketones (excluding diaryl/α,β-unsaturated/α-hetero) is 1. The van der Waals surface area contributed by atoms with Gasteiger partial charge < -0.3 is 36.2 Å². The summed E-state index contributed by atoms with van der Waals surface area (Å²) >= 11 is 0. The quantitative estimate of drug-likeness (QED) is 0.175. The Bertz CT molecular complexity index is 742. The fraction of sp³-hybridized carbons (Fsp3) is 0.684. The molecule has 13 heteroatoms. The lowest BCUT2D eigenvalue weighted by atomic mass is 10.1. The molecule has 1 fully saturated rings. The van der Waals surface area contributed by atoms with Crippen LogP contribution in [0.2, 0.25) is 0 Å². The third-order valence-corrected chi connectivity index (χ3v) is 4.76. The van der Waals surface area contributed by atoms with Gasteiger partial charge in [0, 0.05) is 25.8 Å². The van der Waals surface area contributed by atoms with Crippen LogP contribution in [0.25, 0.3) is 0 Å². The number of carboxylic acid groups (broad SMARTS) is 1. The summed E-state index contributed by atoms with van der Waals surface area (Å²) in [4.78, 5) is 71.9. The molecular weight excluding hydrogens is 428 g/mol. The molecular formula is C19H30N4O9. The highest BCUT2D eigenvalue weighted by Gasteiger charge is 2.39. The molecule has 1 heterocycles. The summed E-state index contributed by atoms with van der Waals surface area (Å²) in [7, 11) is 0. The van der Waals surface area contributed by atoms with Gasteiger partial charge in [0.15, 0.2) is 0 Å². The number of aliphatic hydroxyl groups excluding tert-OH is 2. The van der Waals surface area contributed by atoms with E-state index in [1.54, 1.807) is 0 Å². The zero-order valence-corrected chi connectivity index (χ0v) is 18.0. The number of β-amino-alcohol motifs (C(OH)–C–C–N with tert-alkyl or cyclic N) is 1. The van der Waals surface area contributed by atoms with Gasteiger partial charge in [0.05, 0.1) is 19.3 Å². The summed E-state index contributed by atoms with van der Waals surface area (Å²) < 4.78 is 0.